The lowest BCUT2D eigenvalue weighted by molar-refractivity contribution is 0.111. The Balaban J connectivity index is 2.49. The molecular weight excluding hydrogens is 208 g/mol. The normalized spacial score (nSPS) is 15.5. The molecule has 0 saturated heterocycles. The van der Waals surface area contributed by atoms with Crippen molar-refractivity contribution in [2.75, 3.05) is 6.26 Å². The molecule has 0 aromatic carbocycles. The number of aldehydes is 1. The third kappa shape index (κ3) is 2.20. The molecule has 0 fully saturated rings. The van der Waals surface area contributed by atoms with Crippen molar-refractivity contribution in [3.05, 3.63) is 17.0 Å². The van der Waals surface area contributed by atoms with Crippen molar-refractivity contribution in [2.24, 2.45) is 0 Å². The van der Waals surface area contributed by atoms with Crippen molar-refractivity contribution in [1.82, 2.24) is 9.97 Å². The van der Waals surface area contributed by atoms with E-state index in [1.54, 1.807) is 0 Å². The van der Waals surface area contributed by atoms with Crippen LogP contribution in [0.15, 0.2) is 5.16 Å². The lowest BCUT2D eigenvalue weighted by Crippen LogP contribution is -2.05. The zero-order chi connectivity index (χ0) is 10.7. The van der Waals surface area contributed by atoms with E-state index in [9.17, 15) is 4.79 Å². The highest BCUT2D eigenvalue weighted by atomic mass is 32.2. The van der Waals surface area contributed by atoms with E-state index < -0.39 is 0 Å². The monoisotopic (exact) mass is 222 g/mol. The number of hydrogen-bond donors (Lipinski definition) is 0. The van der Waals surface area contributed by atoms with Gasteiger partial charge in [0.25, 0.3) is 0 Å². The molecule has 0 radical (unpaired) electrons. The molecule has 80 valence electrons. The number of aryl methyl sites for hydroxylation is 1. The third-order valence-electron chi connectivity index (χ3n) is 2.74. The molecule has 0 N–H and O–H groups in total. The molecule has 0 atom stereocenters. The highest BCUT2D eigenvalue weighted by Gasteiger charge is 2.15. The summed E-state index contributed by atoms with van der Waals surface area (Å²) < 4.78 is 0. The largest absolute Gasteiger partial charge is 0.296 e. The van der Waals surface area contributed by atoms with Crippen LogP contribution in [0.1, 0.15) is 41.0 Å². The fraction of sp³-hybridized carbons (Fsp3) is 0.545. The Morgan fingerprint density at radius 2 is 2.00 bits per heavy atom. The van der Waals surface area contributed by atoms with Gasteiger partial charge in [-0.2, -0.15) is 0 Å². The second-order valence-corrected chi connectivity index (χ2v) is 4.47. The Labute approximate surface area is 93.7 Å². The first kappa shape index (κ1) is 10.6. The highest BCUT2D eigenvalue weighted by Crippen LogP contribution is 2.22. The number of aromatic nitrogens is 2. The summed E-state index contributed by atoms with van der Waals surface area (Å²) in [4.78, 5) is 19.7. The maximum absolute atomic E-state index is 11.0. The molecule has 0 amide bonds. The van der Waals surface area contributed by atoms with Gasteiger partial charge in [0.05, 0.1) is 0 Å². The Bertz CT molecular complexity index is 379. The van der Waals surface area contributed by atoms with Crippen LogP contribution in [0.25, 0.3) is 0 Å². The summed E-state index contributed by atoms with van der Waals surface area (Å²) in [6.45, 7) is 0. The Hall–Kier alpha value is -0.900. The predicted molar refractivity (Wildman–Crippen MR) is 60.5 cm³/mol. The minimum Gasteiger partial charge on any atom is -0.296 e. The molecule has 0 aliphatic heterocycles. The SMILES string of the molecule is CSc1nc(C=O)c2c(n1)CCCCC2. The van der Waals surface area contributed by atoms with Gasteiger partial charge in [-0.1, -0.05) is 18.2 Å². The molecule has 1 aliphatic carbocycles. The van der Waals surface area contributed by atoms with Gasteiger partial charge >= 0.3 is 0 Å². The van der Waals surface area contributed by atoms with Crippen LogP contribution in [-0.4, -0.2) is 22.5 Å². The number of hydrogen-bond acceptors (Lipinski definition) is 4. The Kier molecular flexibility index (Phi) is 3.36. The molecule has 0 bridgehead atoms. The summed E-state index contributed by atoms with van der Waals surface area (Å²) in [5.41, 5.74) is 2.78. The number of carbonyl (C=O) groups excluding carboxylic acids is 1. The van der Waals surface area contributed by atoms with Gasteiger partial charge in [0.1, 0.15) is 5.69 Å². The molecule has 1 aromatic rings. The van der Waals surface area contributed by atoms with E-state index in [0.717, 1.165) is 42.0 Å². The van der Waals surface area contributed by atoms with Gasteiger partial charge in [0.2, 0.25) is 0 Å². The standard InChI is InChI=1S/C11H14N2OS/c1-15-11-12-9-6-4-2-3-5-8(9)10(7-14)13-11/h7H,2-6H2,1H3. The molecule has 0 saturated carbocycles. The van der Waals surface area contributed by atoms with Crippen LogP contribution in [0.4, 0.5) is 0 Å². The lowest BCUT2D eigenvalue weighted by atomic mass is 10.1. The second-order valence-electron chi connectivity index (χ2n) is 3.70. The van der Waals surface area contributed by atoms with Gasteiger partial charge in [-0.15, -0.1) is 0 Å². The molecule has 15 heavy (non-hydrogen) atoms. The second kappa shape index (κ2) is 4.75. The van der Waals surface area contributed by atoms with Crippen molar-refractivity contribution in [2.45, 2.75) is 37.3 Å². The average Bonchev–Trinajstić information content (AvgIpc) is 2.52. The number of nitrogens with zero attached hydrogens (tertiary/aromatic N) is 2. The minimum absolute atomic E-state index is 0.603. The van der Waals surface area contributed by atoms with Gasteiger partial charge in [0, 0.05) is 11.3 Å². The third-order valence-corrected chi connectivity index (χ3v) is 3.29. The molecular formula is C11H14N2OS. The zero-order valence-corrected chi connectivity index (χ0v) is 9.64. The van der Waals surface area contributed by atoms with E-state index in [0.29, 0.717) is 5.69 Å². The van der Waals surface area contributed by atoms with E-state index in [2.05, 4.69) is 9.97 Å². The summed E-state index contributed by atoms with van der Waals surface area (Å²) in [7, 11) is 0. The Morgan fingerprint density at radius 3 is 2.73 bits per heavy atom. The minimum atomic E-state index is 0.603. The van der Waals surface area contributed by atoms with Crippen molar-refractivity contribution in [3.63, 3.8) is 0 Å². The number of fused-ring (bicyclic) bond motifs is 1. The average molecular weight is 222 g/mol. The first-order valence-electron chi connectivity index (χ1n) is 5.24. The quantitative estimate of drug-likeness (QED) is 0.333. The molecule has 2 rings (SSSR count). The van der Waals surface area contributed by atoms with Crippen molar-refractivity contribution in [1.29, 1.82) is 0 Å². The summed E-state index contributed by atoms with van der Waals surface area (Å²) in [6.07, 6.45) is 8.30. The van der Waals surface area contributed by atoms with E-state index in [4.69, 9.17) is 0 Å². The van der Waals surface area contributed by atoms with E-state index in [-0.39, 0.29) is 0 Å². The molecule has 1 heterocycles. The van der Waals surface area contributed by atoms with Crippen LogP contribution in [0.3, 0.4) is 0 Å². The van der Waals surface area contributed by atoms with Crippen LogP contribution >= 0.6 is 11.8 Å². The van der Waals surface area contributed by atoms with Crippen LogP contribution in [0.2, 0.25) is 0 Å². The first-order valence-corrected chi connectivity index (χ1v) is 6.46. The molecule has 1 aliphatic rings. The predicted octanol–water partition coefficient (Wildman–Crippen LogP) is 2.28. The maximum Gasteiger partial charge on any atom is 0.188 e. The van der Waals surface area contributed by atoms with Crippen LogP contribution in [-0.2, 0) is 12.8 Å². The van der Waals surface area contributed by atoms with Gasteiger partial charge in [0.15, 0.2) is 11.4 Å². The van der Waals surface area contributed by atoms with Crippen LogP contribution in [0, 0.1) is 0 Å². The van der Waals surface area contributed by atoms with E-state index >= 15 is 0 Å². The summed E-state index contributed by atoms with van der Waals surface area (Å²) in [6, 6.07) is 0. The van der Waals surface area contributed by atoms with Crippen molar-refractivity contribution < 1.29 is 4.79 Å². The summed E-state index contributed by atoms with van der Waals surface area (Å²) >= 11 is 1.50. The van der Waals surface area contributed by atoms with Gasteiger partial charge in [-0.3, -0.25) is 4.79 Å². The maximum atomic E-state index is 11.0. The van der Waals surface area contributed by atoms with Crippen LogP contribution < -0.4 is 0 Å². The van der Waals surface area contributed by atoms with Gasteiger partial charge < -0.3 is 0 Å². The van der Waals surface area contributed by atoms with Crippen LogP contribution in [0.5, 0.6) is 0 Å². The molecule has 0 spiro atoms. The number of thioether (sulfide) groups is 1. The summed E-state index contributed by atoms with van der Waals surface area (Å²) in [5, 5.41) is 0.720. The molecule has 1 aromatic heterocycles. The Morgan fingerprint density at radius 1 is 1.20 bits per heavy atom. The van der Waals surface area contributed by atoms with Gasteiger partial charge in [-0.25, -0.2) is 9.97 Å². The number of rotatable bonds is 2. The first-order chi connectivity index (χ1) is 7.35. The fourth-order valence-corrected chi connectivity index (χ4v) is 2.36. The number of carbonyl (C=O) groups is 1. The molecule has 0 unspecified atom stereocenters. The molecule has 3 nitrogen and oxygen atoms in total. The van der Waals surface area contributed by atoms with Gasteiger partial charge in [-0.05, 0) is 31.9 Å². The smallest absolute Gasteiger partial charge is 0.188 e. The topological polar surface area (TPSA) is 42.9 Å². The van der Waals surface area contributed by atoms with E-state index in [1.165, 1.54) is 24.6 Å². The summed E-state index contributed by atoms with van der Waals surface area (Å²) in [5.74, 6) is 0. The van der Waals surface area contributed by atoms with Crippen molar-refractivity contribution >= 4 is 18.0 Å². The van der Waals surface area contributed by atoms with Crippen molar-refractivity contribution in [3.8, 4) is 0 Å². The highest BCUT2D eigenvalue weighted by molar-refractivity contribution is 7.98. The fourth-order valence-electron chi connectivity index (χ4n) is 1.97. The van der Waals surface area contributed by atoms with E-state index in [1.807, 2.05) is 6.26 Å². The lowest BCUT2D eigenvalue weighted by Gasteiger charge is -2.08. The molecule has 4 heteroatoms. The zero-order valence-electron chi connectivity index (χ0n) is 8.82.